The van der Waals surface area contributed by atoms with Crippen molar-refractivity contribution in [3.63, 3.8) is 0 Å². The molecule has 1 aliphatic rings. The maximum absolute atomic E-state index is 12.5. The molecule has 146 valence electrons. The molecular weight excluding hydrogens is 348 g/mol. The summed E-state index contributed by atoms with van der Waals surface area (Å²) in [7, 11) is 0. The second kappa shape index (κ2) is 8.48. The lowest BCUT2D eigenvalue weighted by Crippen LogP contribution is -2.51. The summed E-state index contributed by atoms with van der Waals surface area (Å²) in [5.41, 5.74) is 5.10. The molecule has 5 nitrogen and oxygen atoms in total. The van der Waals surface area contributed by atoms with E-state index in [2.05, 4.69) is 64.6 Å². The Bertz CT molecular complexity index is 940. The molecule has 0 radical (unpaired) electrons. The summed E-state index contributed by atoms with van der Waals surface area (Å²) < 4.78 is 0. The number of nitrogens with one attached hydrogen (secondary N) is 2. The Labute approximate surface area is 166 Å². The number of amides is 2. The molecular formula is C23H28N4O. The largest absolute Gasteiger partial charge is 0.361 e. The highest BCUT2D eigenvalue weighted by molar-refractivity contribution is 5.83. The number of aryl methyl sites for hydroxylation is 1. The van der Waals surface area contributed by atoms with Gasteiger partial charge in [-0.3, -0.25) is 4.90 Å². The van der Waals surface area contributed by atoms with E-state index in [0.29, 0.717) is 6.54 Å². The number of aromatic amines is 1. The molecule has 28 heavy (non-hydrogen) atoms. The van der Waals surface area contributed by atoms with Crippen molar-refractivity contribution in [1.82, 2.24) is 20.1 Å². The summed E-state index contributed by atoms with van der Waals surface area (Å²) in [6, 6.07) is 16.9. The fourth-order valence-corrected chi connectivity index (χ4v) is 3.89. The lowest BCUT2D eigenvalue weighted by Gasteiger charge is -2.35. The predicted octanol–water partition coefficient (Wildman–Crippen LogP) is 3.55. The number of carbonyl (C=O) groups is 1. The van der Waals surface area contributed by atoms with Crippen LogP contribution in [0.4, 0.5) is 4.79 Å². The standard InChI is InChI=1S/C23H28N4O/c1-18-6-2-3-7-20(18)17-26-12-14-27(15-13-26)23(28)24-11-10-19-16-25-22-9-5-4-8-21(19)22/h2-9,16,25H,10-15,17H2,1H3,(H,24,28). The number of aromatic nitrogens is 1. The number of hydrogen-bond acceptors (Lipinski definition) is 2. The van der Waals surface area contributed by atoms with Gasteiger partial charge in [0, 0.05) is 56.4 Å². The van der Waals surface area contributed by atoms with Crippen molar-refractivity contribution in [1.29, 1.82) is 0 Å². The molecule has 2 heterocycles. The van der Waals surface area contributed by atoms with Gasteiger partial charge in [-0.15, -0.1) is 0 Å². The van der Waals surface area contributed by atoms with Crippen LogP contribution in [0.1, 0.15) is 16.7 Å². The summed E-state index contributed by atoms with van der Waals surface area (Å²) in [6.07, 6.45) is 2.88. The summed E-state index contributed by atoms with van der Waals surface area (Å²) in [4.78, 5) is 20.2. The number of urea groups is 1. The number of carbonyl (C=O) groups excluding carboxylic acids is 1. The van der Waals surface area contributed by atoms with E-state index < -0.39 is 0 Å². The topological polar surface area (TPSA) is 51.4 Å². The molecule has 1 aromatic heterocycles. The van der Waals surface area contributed by atoms with E-state index in [4.69, 9.17) is 0 Å². The zero-order valence-corrected chi connectivity index (χ0v) is 16.4. The van der Waals surface area contributed by atoms with Gasteiger partial charge in [-0.1, -0.05) is 42.5 Å². The molecule has 4 rings (SSSR count). The fourth-order valence-electron chi connectivity index (χ4n) is 3.89. The van der Waals surface area contributed by atoms with Gasteiger partial charge in [-0.2, -0.15) is 0 Å². The summed E-state index contributed by atoms with van der Waals surface area (Å²) in [5, 5.41) is 4.32. The Balaban J connectivity index is 1.22. The van der Waals surface area contributed by atoms with Crippen LogP contribution in [0, 0.1) is 6.92 Å². The Morgan fingerprint density at radius 3 is 2.57 bits per heavy atom. The molecule has 0 unspecified atom stereocenters. The first-order valence-corrected chi connectivity index (χ1v) is 10.1. The molecule has 2 amide bonds. The van der Waals surface area contributed by atoms with Crippen molar-refractivity contribution in [3.8, 4) is 0 Å². The number of nitrogens with zero attached hydrogens (tertiary/aromatic N) is 2. The average molecular weight is 377 g/mol. The van der Waals surface area contributed by atoms with Gasteiger partial charge in [0.1, 0.15) is 0 Å². The third-order valence-corrected chi connectivity index (χ3v) is 5.66. The van der Waals surface area contributed by atoms with Crippen molar-refractivity contribution < 1.29 is 4.79 Å². The maximum Gasteiger partial charge on any atom is 0.317 e. The highest BCUT2D eigenvalue weighted by Gasteiger charge is 2.21. The van der Waals surface area contributed by atoms with Crippen LogP contribution in [0.5, 0.6) is 0 Å². The van der Waals surface area contributed by atoms with Gasteiger partial charge in [0.15, 0.2) is 0 Å². The van der Waals surface area contributed by atoms with E-state index in [1.807, 2.05) is 17.2 Å². The minimum atomic E-state index is 0.0513. The molecule has 1 saturated heterocycles. The van der Waals surface area contributed by atoms with Crippen LogP contribution in [-0.2, 0) is 13.0 Å². The Morgan fingerprint density at radius 1 is 1.00 bits per heavy atom. The zero-order chi connectivity index (χ0) is 19.3. The Morgan fingerprint density at radius 2 is 1.75 bits per heavy atom. The van der Waals surface area contributed by atoms with Crippen LogP contribution in [0.3, 0.4) is 0 Å². The summed E-state index contributed by atoms with van der Waals surface area (Å²) in [5.74, 6) is 0. The van der Waals surface area contributed by atoms with E-state index in [1.54, 1.807) is 0 Å². The third kappa shape index (κ3) is 4.20. The first-order valence-electron chi connectivity index (χ1n) is 10.1. The number of H-pyrrole nitrogens is 1. The van der Waals surface area contributed by atoms with Crippen molar-refractivity contribution >= 4 is 16.9 Å². The average Bonchev–Trinajstić information content (AvgIpc) is 3.13. The number of piperazine rings is 1. The number of benzene rings is 2. The van der Waals surface area contributed by atoms with Crippen molar-refractivity contribution in [3.05, 3.63) is 71.4 Å². The van der Waals surface area contributed by atoms with E-state index in [9.17, 15) is 4.79 Å². The quantitative estimate of drug-likeness (QED) is 0.716. The highest BCUT2D eigenvalue weighted by Crippen LogP contribution is 2.18. The van der Waals surface area contributed by atoms with Crippen LogP contribution >= 0.6 is 0 Å². The van der Waals surface area contributed by atoms with E-state index in [-0.39, 0.29) is 6.03 Å². The van der Waals surface area contributed by atoms with Gasteiger partial charge in [-0.25, -0.2) is 4.79 Å². The first kappa shape index (κ1) is 18.6. The maximum atomic E-state index is 12.5. The number of para-hydroxylation sites is 1. The van der Waals surface area contributed by atoms with E-state index >= 15 is 0 Å². The molecule has 3 aromatic rings. The van der Waals surface area contributed by atoms with Crippen LogP contribution < -0.4 is 5.32 Å². The second-order valence-corrected chi connectivity index (χ2v) is 7.53. The van der Waals surface area contributed by atoms with Crippen molar-refractivity contribution in [2.75, 3.05) is 32.7 Å². The minimum absolute atomic E-state index is 0.0513. The lowest BCUT2D eigenvalue weighted by atomic mass is 10.1. The van der Waals surface area contributed by atoms with E-state index in [0.717, 1.165) is 44.7 Å². The highest BCUT2D eigenvalue weighted by atomic mass is 16.2. The molecule has 0 spiro atoms. The minimum Gasteiger partial charge on any atom is -0.361 e. The number of rotatable bonds is 5. The molecule has 0 aliphatic carbocycles. The van der Waals surface area contributed by atoms with E-state index in [1.165, 1.54) is 22.1 Å². The molecule has 0 saturated carbocycles. The normalized spacial score (nSPS) is 15.1. The number of fused-ring (bicyclic) bond motifs is 1. The van der Waals surface area contributed by atoms with Crippen molar-refractivity contribution in [2.45, 2.75) is 19.9 Å². The molecule has 5 heteroatoms. The summed E-state index contributed by atoms with van der Waals surface area (Å²) in [6.45, 7) is 7.18. The van der Waals surface area contributed by atoms with Crippen LogP contribution in [-0.4, -0.2) is 53.5 Å². The van der Waals surface area contributed by atoms with Gasteiger partial charge in [-0.05, 0) is 36.1 Å². The Hall–Kier alpha value is -2.79. The van der Waals surface area contributed by atoms with Crippen LogP contribution in [0.15, 0.2) is 54.7 Å². The van der Waals surface area contributed by atoms with Crippen LogP contribution in [0.25, 0.3) is 10.9 Å². The SMILES string of the molecule is Cc1ccccc1CN1CCN(C(=O)NCCc2c[nH]c3ccccc23)CC1. The van der Waals surface area contributed by atoms with Gasteiger partial charge >= 0.3 is 6.03 Å². The van der Waals surface area contributed by atoms with Crippen LogP contribution in [0.2, 0.25) is 0 Å². The fraction of sp³-hybridized carbons (Fsp3) is 0.348. The molecule has 0 atom stereocenters. The molecule has 0 bridgehead atoms. The first-order chi connectivity index (χ1) is 13.7. The zero-order valence-electron chi connectivity index (χ0n) is 16.4. The van der Waals surface area contributed by atoms with Crippen molar-refractivity contribution in [2.24, 2.45) is 0 Å². The van der Waals surface area contributed by atoms with Gasteiger partial charge in [0.25, 0.3) is 0 Å². The lowest BCUT2D eigenvalue weighted by molar-refractivity contribution is 0.135. The molecule has 2 N–H and O–H groups in total. The Kier molecular flexibility index (Phi) is 5.63. The smallest absolute Gasteiger partial charge is 0.317 e. The van der Waals surface area contributed by atoms with Gasteiger partial charge in [0.05, 0.1) is 0 Å². The number of hydrogen-bond donors (Lipinski definition) is 2. The molecule has 1 fully saturated rings. The second-order valence-electron chi connectivity index (χ2n) is 7.53. The molecule has 2 aromatic carbocycles. The predicted molar refractivity (Wildman–Crippen MR) is 113 cm³/mol. The monoisotopic (exact) mass is 376 g/mol. The summed E-state index contributed by atoms with van der Waals surface area (Å²) >= 11 is 0. The van der Waals surface area contributed by atoms with Gasteiger partial charge in [0.2, 0.25) is 0 Å². The van der Waals surface area contributed by atoms with Gasteiger partial charge < -0.3 is 15.2 Å². The molecule has 1 aliphatic heterocycles. The third-order valence-electron chi connectivity index (χ3n) is 5.66.